The molecule has 0 bridgehead atoms. The molecule has 0 radical (unpaired) electrons. The number of rotatable bonds is 10. The fourth-order valence-electron chi connectivity index (χ4n) is 4.79. The van der Waals surface area contributed by atoms with Crippen LogP contribution in [0.15, 0.2) is 30.3 Å². The lowest BCUT2D eigenvalue weighted by Crippen LogP contribution is -2.59. The fraction of sp³-hybridized carbons (Fsp3) is 0.538. The van der Waals surface area contributed by atoms with Crippen LogP contribution in [-0.2, 0) is 15.9 Å². The Morgan fingerprint density at radius 2 is 1.68 bits per heavy atom. The molecular weight excluding hydrogens is 488 g/mol. The smallest absolute Gasteiger partial charge is 0.186 e. The Labute approximate surface area is 214 Å². The second-order valence-corrected chi connectivity index (χ2v) is 9.15. The molecule has 0 aromatic heterocycles. The van der Waals surface area contributed by atoms with Crippen LogP contribution in [0.1, 0.15) is 35.1 Å². The molecule has 0 unspecified atom stereocenters. The molecule has 0 saturated carbocycles. The highest BCUT2D eigenvalue weighted by Crippen LogP contribution is 2.52. The van der Waals surface area contributed by atoms with Crippen molar-refractivity contribution in [2.75, 3.05) is 34.0 Å². The summed E-state index contributed by atoms with van der Waals surface area (Å²) in [6.45, 7) is -0.562. The normalized spacial score (nSPS) is 29.0. The topological polar surface area (TPSA) is 168 Å². The number of aliphatic hydroxyl groups excluding tert-OH is 5. The number of aromatic hydroxyl groups is 1. The van der Waals surface area contributed by atoms with Gasteiger partial charge in [0, 0.05) is 12.2 Å². The van der Waals surface area contributed by atoms with E-state index in [2.05, 4.69) is 0 Å². The van der Waals surface area contributed by atoms with Gasteiger partial charge in [-0.1, -0.05) is 12.1 Å². The molecule has 11 nitrogen and oxygen atoms in total. The van der Waals surface area contributed by atoms with Gasteiger partial charge in [0.1, 0.15) is 30.5 Å². The van der Waals surface area contributed by atoms with Crippen molar-refractivity contribution in [1.29, 1.82) is 0 Å². The third-order valence-electron chi connectivity index (χ3n) is 6.82. The number of fused-ring (bicyclic) bond motifs is 1. The highest BCUT2D eigenvalue weighted by Gasteiger charge is 2.45. The standard InChI is InChI=1S/C26H34O11/c1-33-18-10-14(5-6-17(18)29)24-16(12-35-26-23(32)22(31)21(30)20(11-28)36-26)15-8-13(4-3-7-27)9-19(34-2)25(15)37-24/h5-6,8-10,16,20-24,26-32H,3-4,7,11-12H2,1-2H3/t16-,20-,21-,22+,23-,24-,26-/m1/s1. The van der Waals surface area contributed by atoms with Gasteiger partial charge in [0.25, 0.3) is 0 Å². The minimum atomic E-state index is -1.56. The van der Waals surface area contributed by atoms with E-state index in [-0.39, 0.29) is 24.7 Å². The van der Waals surface area contributed by atoms with Crippen molar-refractivity contribution in [1.82, 2.24) is 0 Å². The first-order valence-electron chi connectivity index (χ1n) is 12.1. The Balaban J connectivity index is 1.68. The number of aliphatic hydroxyl groups is 5. The third kappa shape index (κ3) is 5.48. The zero-order valence-electron chi connectivity index (χ0n) is 20.7. The summed E-state index contributed by atoms with van der Waals surface area (Å²) in [6.07, 6.45) is -6.44. The molecule has 204 valence electrons. The number of phenolic OH excluding ortho intramolecular Hbond substituents is 1. The second kappa shape index (κ2) is 11.8. The Morgan fingerprint density at radius 3 is 2.35 bits per heavy atom. The van der Waals surface area contributed by atoms with Crippen molar-refractivity contribution in [2.24, 2.45) is 0 Å². The summed E-state index contributed by atoms with van der Waals surface area (Å²) < 4.78 is 28.6. The molecular formula is C26H34O11. The maximum atomic E-state index is 10.4. The van der Waals surface area contributed by atoms with Crippen LogP contribution in [-0.4, -0.2) is 95.4 Å². The first-order chi connectivity index (χ1) is 17.8. The average molecular weight is 523 g/mol. The van der Waals surface area contributed by atoms with Crippen LogP contribution in [0, 0.1) is 0 Å². The molecule has 1 fully saturated rings. The molecule has 2 aromatic carbocycles. The molecule has 2 aliphatic rings. The SMILES string of the molecule is COc1cc([C@H]2Oc3c(OC)cc(CCCO)cc3[C@H]2CO[C@@H]2O[C@H](CO)[C@@H](O)[C@H](O)[C@H]2O)ccc1O. The molecule has 6 N–H and O–H groups in total. The largest absolute Gasteiger partial charge is 0.504 e. The molecule has 37 heavy (non-hydrogen) atoms. The highest BCUT2D eigenvalue weighted by molar-refractivity contribution is 5.56. The zero-order chi connectivity index (χ0) is 26.7. The molecule has 0 spiro atoms. The summed E-state index contributed by atoms with van der Waals surface area (Å²) in [6, 6.07) is 8.66. The molecule has 2 heterocycles. The van der Waals surface area contributed by atoms with Crippen molar-refractivity contribution < 1.29 is 54.3 Å². The number of benzene rings is 2. The van der Waals surface area contributed by atoms with E-state index in [0.717, 1.165) is 11.1 Å². The second-order valence-electron chi connectivity index (χ2n) is 9.15. The molecule has 1 saturated heterocycles. The lowest BCUT2D eigenvalue weighted by molar-refractivity contribution is -0.302. The maximum absolute atomic E-state index is 10.4. The van der Waals surface area contributed by atoms with Crippen LogP contribution in [0.25, 0.3) is 0 Å². The summed E-state index contributed by atoms with van der Waals surface area (Å²) >= 11 is 0. The maximum Gasteiger partial charge on any atom is 0.186 e. The van der Waals surface area contributed by atoms with Gasteiger partial charge in [-0.2, -0.15) is 0 Å². The van der Waals surface area contributed by atoms with Crippen molar-refractivity contribution in [2.45, 2.75) is 55.6 Å². The first-order valence-corrected chi connectivity index (χ1v) is 12.1. The van der Waals surface area contributed by atoms with Gasteiger partial charge in [0.2, 0.25) is 0 Å². The quantitative estimate of drug-likeness (QED) is 0.255. The Hall–Kier alpha value is -2.64. The molecule has 0 amide bonds. The average Bonchev–Trinajstić information content (AvgIpc) is 3.28. The van der Waals surface area contributed by atoms with E-state index in [1.165, 1.54) is 20.3 Å². The minimum Gasteiger partial charge on any atom is -0.504 e. The van der Waals surface area contributed by atoms with Gasteiger partial charge in [-0.05, 0) is 42.2 Å². The van der Waals surface area contributed by atoms with Gasteiger partial charge >= 0.3 is 0 Å². The fourth-order valence-corrected chi connectivity index (χ4v) is 4.79. The Morgan fingerprint density at radius 1 is 0.919 bits per heavy atom. The van der Waals surface area contributed by atoms with Crippen molar-refractivity contribution in [3.63, 3.8) is 0 Å². The number of hydrogen-bond acceptors (Lipinski definition) is 11. The number of aryl methyl sites for hydroxylation is 1. The van der Waals surface area contributed by atoms with Crippen LogP contribution < -0.4 is 14.2 Å². The summed E-state index contributed by atoms with van der Waals surface area (Å²) in [5.41, 5.74) is 2.39. The predicted molar refractivity (Wildman–Crippen MR) is 129 cm³/mol. The molecule has 2 aromatic rings. The van der Waals surface area contributed by atoms with E-state index in [4.69, 9.17) is 23.7 Å². The minimum absolute atomic E-state index is 0.0280. The Kier molecular flexibility index (Phi) is 8.75. The van der Waals surface area contributed by atoms with E-state index in [1.54, 1.807) is 12.1 Å². The third-order valence-corrected chi connectivity index (χ3v) is 6.82. The lowest BCUT2D eigenvalue weighted by Gasteiger charge is -2.40. The van der Waals surface area contributed by atoms with Crippen LogP contribution in [0.3, 0.4) is 0 Å². The van der Waals surface area contributed by atoms with Crippen molar-refractivity contribution >= 4 is 0 Å². The van der Waals surface area contributed by atoms with Crippen LogP contribution in [0.5, 0.6) is 23.0 Å². The van der Waals surface area contributed by atoms with Gasteiger partial charge in [0.05, 0.1) is 33.4 Å². The number of methoxy groups -OCH3 is 2. The van der Waals surface area contributed by atoms with Crippen molar-refractivity contribution in [3.05, 3.63) is 47.0 Å². The molecule has 7 atom stereocenters. The summed E-state index contributed by atoms with van der Waals surface area (Å²) in [5, 5.41) is 59.5. The summed E-state index contributed by atoms with van der Waals surface area (Å²) in [5.74, 6) is 0.812. The van der Waals surface area contributed by atoms with Gasteiger partial charge in [0.15, 0.2) is 29.3 Å². The van der Waals surface area contributed by atoms with E-state index in [0.29, 0.717) is 29.9 Å². The van der Waals surface area contributed by atoms with E-state index >= 15 is 0 Å². The van der Waals surface area contributed by atoms with Crippen LogP contribution in [0.4, 0.5) is 0 Å². The number of phenols is 1. The monoisotopic (exact) mass is 522 g/mol. The van der Waals surface area contributed by atoms with E-state index in [1.807, 2.05) is 12.1 Å². The molecule has 4 rings (SSSR count). The molecule has 11 heteroatoms. The highest BCUT2D eigenvalue weighted by atomic mass is 16.7. The van der Waals surface area contributed by atoms with Gasteiger partial charge in [-0.3, -0.25) is 0 Å². The van der Waals surface area contributed by atoms with Gasteiger partial charge < -0.3 is 54.3 Å². The number of hydrogen-bond donors (Lipinski definition) is 6. The molecule has 0 aliphatic carbocycles. The first kappa shape index (κ1) is 27.4. The van der Waals surface area contributed by atoms with Crippen LogP contribution >= 0.6 is 0 Å². The Bertz CT molecular complexity index is 1060. The molecule has 2 aliphatic heterocycles. The summed E-state index contributed by atoms with van der Waals surface area (Å²) in [7, 11) is 2.98. The van der Waals surface area contributed by atoms with Crippen LogP contribution in [0.2, 0.25) is 0 Å². The van der Waals surface area contributed by atoms with E-state index in [9.17, 15) is 30.6 Å². The van der Waals surface area contributed by atoms with Crippen molar-refractivity contribution in [3.8, 4) is 23.0 Å². The van der Waals surface area contributed by atoms with Gasteiger partial charge in [-0.15, -0.1) is 0 Å². The van der Waals surface area contributed by atoms with Gasteiger partial charge in [-0.25, -0.2) is 0 Å². The number of ether oxygens (including phenoxy) is 5. The summed E-state index contributed by atoms with van der Waals surface area (Å²) in [4.78, 5) is 0. The van der Waals surface area contributed by atoms with E-state index < -0.39 is 49.3 Å². The predicted octanol–water partition coefficient (Wildman–Crippen LogP) is 0.368. The zero-order valence-corrected chi connectivity index (χ0v) is 20.7. The lowest BCUT2D eigenvalue weighted by atomic mass is 9.90.